The topological polar surface area (TPSA) is 54.4 Å². The minimum atomic E-state index is -4.41. The third-order valence-electron chi connectivity index (χ3n) is 2.52. The van der Waals surface area contributed by atoms with E-state index in [9.17, 15) is 18.0 Å². The van der Waals surface area contributed by atoms with E-state index in [4.69, 9.17) is 0 Å². The Hall–Kier alpha value is -2.70. The van der Waals surface area contributed by atoms with Crippen LogP contribution in [0.25, 0.3) is 0 Å². The van der Waals surface area contributed by atoms with Crippen molar-refractivity contribution in [3.63, 3.8) is 0 Å². The Morgan fingerprint density at radius 1 is 1.24 bits per heavy atom. The largest absolute Gasteiger partial charge is 0.416 e. The van der Waals surface area contributed by atoms with Gasteiger partial charge in [-0.3, -0.25) is 9.78 Å². The zero-order valence-corrected chi connectivity index (χ0v) is 10.6. The van der Waals surface area contributed by atoms with Crippen molar-refractivity contribution < 1.29 is 18.0 Å². The summed E-state index contributed by atoms with van der Waals surface area (Å²) < 4.78 is 37.6. The number of alkyl halides is 3. The summed E-state index contributed by atoms with van der Waals surface area (Å²) in [6.07, 6.45) is -0.399. The lowest BCUT2D eigenvalue weighted by atomic mass is 10.1. The Kier molecular flexibility index (Phi) is 4.32. The summed E-state index contributed by atoms with van der Waals surface area (Å²) in [6.45, 7) is 0. The Morgan fingerprint density at radius 3 is 2.71 bits per heavy atom. The summed E-state index contributed by atoms with van der Waals surface area (Å²) in [4.78, 5) is 15.4. The minimum Gasteiger partial charge on any atom is -0.267 e. The summed E-state index contributed by atoms with van der Waals surface area (Å²) in [5.74, 6) is -0.494. The number of halogens is 3. The van der Waals surface area contributed by atoms with Crippen LogP contribution in [0.2, 0.25) is 0 Å². The second-order valence-corrected chi connectivity index (χ2v) is 4.06. The molecule has 0 unspecified atom stereocenters. The first kappa shape index (κ1) is 14.7. The Bertz CT molecular complexity index is 654. The second kappa shape index (κ2) is 6.17. The molecule has 0 bridgehead atoms. The average Bonchev–Trinajstić information content (AvgIpc) is 2.47. The predicted octanol–water partition coefficient (Wildman–Crippen LogP) is 2.86. The Morgan fingerprint density at radius 2 is 2.05 bits per heavy atom. The maximum absolute atomic E-state index is 12.5. The molecule has 1 amide bonds. The molecule has 2 rings (SSSR count). The summed E-state index contributed by atoms with van der Waals surface area (Å²) >= 11 is 0. The van der Waals surface area contributed by atoms with Gasteiger partial charge in [-0.25, -0.2) is 5.43 Å². The van der Waals surface area contributed by atoms with Gasteiger partial charge in [0, 0.05) is 12.4 Å². The van der Waals surface area contributed by atoms with E-state index >= 15 is 0 Å². The molecule has 0 aliphatic rings. The molecule has 0 spiro atoms. The summed E-state index contributed by atoms with van der Waals surface area (Å²) in [6, 6.07) is 7.76. The summed E-state index contributed by atoms with van der Waals surface area (Å²) in [7, 11) is 0. The van der Waals surface area contributed by atoms with Gasteiger partial charge in [-0.1, -0.05) is 12.1 Å². The number of pyridine rings is 1. The quantitative estimate of drug-likeness (QED) is 0.699. The fraction of sp³-hybridized carbons (Fsp3) is 0.0714. The molecule has 0 fully saturated rings. The molecule has 21 heavy (non-hydrogen) atoms. The molecule has 4 nitrogen and oxygen atoms in total. The van der Waals surface area contributed by atoms with Crippen molar-refractivity contribution in [1.82, 2.24) is 10.4 Å². The normalized spacial score (nSPS) is 11.6. The first-order valence-electron chi connectivity index (χ1n) is 5.87. The van der Waals surface area contributed by atoms with Crippen molar-refractivity contribution in [3.05, 3.63) is 65.5 Å². The average molecular weight is 293 g/mol. The van der Waals surface area contributed by atoms with Crippen LogP contribution in [0.4, 0.5) is 13.2 Å². The van der Waals surface area contributed by atoms with Gasteiger partial charge in [0.05, 0.1) is 17.3 Å². The fourth-order valence-electron chi connectivity index (χ4n) is 1.52. The summed E-state index contributed by atoms with van der Waals surface area (Å²) in [5.41, 5.74) is 1.98. The number of hydrazone groups is 1. The van der Waals surface area contributed by atoms with Gasteiger partial charge in [0.15, 0.2) is 0 Å². The van der Waals surface area contributed by atoms with Crippen LogP contribution in [0.3, 0.4) is 0 Å². The first-order valence-corrected chi connectivity index (χ1v) is 5.87. The van der Waals surface area contributed by atoms with Crippen LogP contribution >= 0.6 is 0 Å². The lowest BCUT2D eigenvalue weighted by Gasteiger charge is -2.06. The smallest absolute Gasteiger partial charge is 0.267 e. The minimum absolute atomic E-state index is 0.233. The van der Waals surface area contributed by atoms with Gasteiger partial charge >= 0.3 is 6.18 Å². The molecule has 1 aromatic carbocycles. The summed E-state index contributed by atoms with van der Waals surface area (Å²) in [5, 5.41) is 3.62. The third kappa shape index (κ3) is 4.13. The molecule has 0 aliphatic heterocycles. The van der Waals surface area contributed by atoms with Gasteiger partial charge in [0.1, 0.15) is 0 Å². The van der Waals surface area contributed by atoms with Crippen molar-refractivity contribution in [1.29, 1.82) is 0 Å². The predicted molar refractivity (Wildman–Crippen MR) is 70.7 cm³/mol. The van der Waals surface area contributed by atoms with Gasteiger partial charge in [0.2, 0.25) is 0 Å². The molecular weight excluding hydrogens is 283 g/mol. The maximum atomic E-state index is 12.5. The van der Waals surface area contributed by atoms with E-state index in [1.165, 1.54) is 24.5 Å². The first-order chi connectivity index (χ1) is 9.97. The third-order valence-corrected chi connectivity index (χ3v) is 2.52. The highest BCUT2D eigenvalue weighted by atomic mass is 19.4. The molecule has 1 heterocycles. The molecular formula is C14H10F3N3O. The highest BCUT2D eigenvalue weighted by Gasteiger charge is 2.30. The highest BCUT2D eigenvalue weighted by Crippen LogP contribution is 2.29. The Balaban J connectivity index is 2.04. The standard InChI is InChI=1S/C14H10F3N3O/c15-14(16,17)12-5-1-3-10(7-12)8-19-20-13(21)11-4-2-6-18-9-11/h1-9H,(H,20,21). The molecule has 1 aromatic heterocycles. The van der Waals surface area contributed by atoms with Crippen molar-refractivity contribution in [2.45, 2.75) is 6.18 Å². The molecule has 0 saturated heterocycles. The van der Waals surface area contributed by atoms with Crippen LogP contribution in [0.5, 0.6) is 0 Å². The van der Waals surface area contributed by atoms with Crippen molar-refractivity contribution >= 4 is 12.1 Å². The molecule has 2 aromatic rings. The molecule has 0 aliphatic carbocycles. The van der Waals surface area contributed by atoms with E-state index in [1.54, 1.807) is 12.1 Å². The number of nitrogens with zero attached hydrogens (tertiary/aromatic N) is 2. The second-order valence-electron chi connectivity index (χ2n) is 4.06. The fourth-order valence-corrected chi connectivity index (χ4v) is 1.52. The molecule has 7 heteroatoms. The molecule has 108 valence electrons. The van der Waals surface area contributed by atoms with Crippen molar-refractivity contribution in [2.75, 3.05) is 0 Å². The van der Waals surface area contributed by atoms with Crippen LogP contribution in [0, 0.1) is 0 Å². The molecule has 0 radical (unpaired) electrons. The number of hydrogen-bond donors (Lipinski definition) is 1. The van der Waals surface area contributed by atoms with Gasteiger partial charge in [-0.05, 0) is 29.8 Å². The van der Waals surface area contributed by atoms with E-state index in [1.807, 2.05) is 0 Å². The van der Waals surface area contributed by atoms with Crippen LogP contribution in [0.1, 0.15) is 21.5 Å². The zero-order valence-electron chi connectivity index (χ0n) is 10.6. The number of hydrogen-bond acceptors (Lipinski definition) is 3. The molecule has 0 atom stereocenters. The lowest BCUT2D eigenvalue weighted by Crippen LogP contribution is -2.17. The number of rotatable bonds is 3. The van der Waals surface area contributed by atoms with E-state index in [-0.39, 0.29) is 5.56 Å². The number of nitrogens with one attached hydrogen (secondary N) is 1. The van der Waals surface area contributed by atoms with Crippen LogP contribution in [-0.4, -0.2) is 17.1 Å². The monoisotopic (exact) mass is 293 g/mol. The van der Waals surface area contributed by atoms with E-state index in [2.05, 4.69) is 15.5 Å². The number of benzene rings is 1. The van der Waals surface area contributed by atoms with Crippen LogP contribution in [-0.2, 0) is 6.18 Å². The molecule has 0 saturated carbocycles. The van der Waals surface area contributed by atoms with E-state index in [0.29, 0.717) is 5.56 Å². The van der Waals surface area contributed by atoms with E-state index in [0.717, 1.165) is 18.3 Å². The van der Waals surface area contributed by atoms with Gasteiger partial charge in [-0.15, -0.1) is 0 Å². The van der Waals surface area contributed by atoms with Crippen molar-refractivity contribution in [3.8, 4) is 0 Å². The SMILES string of the molecule is O=C(NN=Cc1cccc(C(F)(F)F)c1)c1cccnc1. The van der Waals surface area contributed by atoms with Gasteiger partial charge in [-0.2, -0.15) is 18.3 Å². The maximum Gasteiger partial charge on any atom is 0.416 e. The van der Waals surface area contributed by atoms with E-state index < -0.39 is 17.6 Å². The zero-order chi connectivity index (χ0) is 15.3. The number of aromatic nitrogens is 1. The van der Waals surface area contributed by atoms with Gasteiger partial charge < -0.3 is 0 Å². The lowest BCUT2D eigenvalue weighted by molar-refractivity contribution is -0.137. The highest BCUT2D eigenvalue weighted by molar-refractivity contribution is 5.94. The number of carbonyl (C=O) groups is 1. The number of amides is 1. The molecule has 1 N–H and O–H groups in total. The Labute approximate surface area is 118 Å². The van der Waals surface area contributed by atoms with Crippen LogP contribution < -0.4 is 5.43 Å². The van der Waals surface area contributed by atoms with Gasteiger partial charge in [0.25, 0.3) is 5.91 Å². The number of carbonyl (C=O) groups excluding carboxylic acids is 1. The van der Waals surface area contributed by atoms with Crippen molar-refractivity contribution in [2.24, 2.45) is 5.10 Å². The van der Waals surface area contributed by atoms with Crippen LogP contribution in [0.15, 0.2) is 53.9 Å².